The third kappa shape index (κ3) is 3.05. The summed E-state index contributed by atoms with van der Waals surface area (Å²) in [5.74, 6) is -2.92. The number of nitrogens with zero attached hydrogens (tertiary/aromatic N) is 1. The van der Waals surface area contributed by atoms with Crippen LogP contribution in [-0.2, 0) is 4.74 Å². The monoisotopic (exact) mass is 338 g/mol. The third-order valence-electron chi connectivity index (χ3n) is 3.87. The molecule has 5 nitrogen and oxygen atoms in total. The normalized spacial score (nSPS) is 20.1. The van der Waals surface area contributed by atoms with Gasteiger partial charge in [-0.1, -0.05) is 12.1 Å². The van der Waals surface area contributed by atoms with Crippen molar-refractivity contribution in [3.05, 3.63) is 69.5 Å². The Morgan fingerprint density at radius 2 is 1.92 bits per heavy atom. The van der Waals surface area contributed by atoms with Crippen LogP contribution in [0.5, 0.6) is 0 Å². The van der Waals surface area contributed by atoms with Gasteiger partial charge in [-0.2, -0.15) is 4.39 Å². The molecule has 0 aliphatic carbocycles. The fourth-order valence-corrected chi connectivity index (χ4v) is 2.77. The zero-order valence-corrected chi connectivity index (χ0v) is 12.3. The van der Waals surface area contributed by atoms with E-state index >= 15 is 0 Å². The van der Waals surface area contributed by atoms with Gasteiger partial charge in [0.05, 0.1) is 11.0 Å². The molecule has 1 aliphatic rings. The van der Waals surface area contributed by atoms with Crippen LogP contribution in [0.2, 0.25) is 0 Å². The number of nitrogens with one attached hydrogen (secondary N) is 1. The second-order valence-corrected chi connectivity index (χ2v) is 5.40. The van der Waals surface area contributed by atoms with Crippen molar-refractivity contribution in [1.29, 1.82) is 0 Å². The van der Waals surface area contributed by atoms with E-state index in [1.165, 1.54) is 18.2 Å². The van der Waals surface area contributed by atoms with Crippen molar-refractivity contribution in [2.24, 2.45) is 0 Å². The van der Waals surface area contributed by atoms with Crippen LogP contribution in [0.15, 0.2) is 36.4 Å². The second kappa shape index (κ2) is 6.48. The van der Waals surface area contributed by atoms with Crippen molar-refractivity contribution in [1.82, 2.24) is 0 Å². The molecule has 0 spiro atoms. The van der Waals surface area contributed by atoms with E-state index in [-0.39, 0.29) is 5.69 Å². The molecule has 126 valence electrons. The smallest absolute Gasteiger partial charge is 0.327 e. The van der Waals surface area contributed by atoms with Crippen molar-refractivity contribution < 1.29 is 22.8 Å². The van der Waals surface area contributed by atoms with Crippen molar-refractivity contribution in [3.8, 4) is 0 Å². The van der Waals surface area contributed by atoms with Crippen molar-refractivity contribution >= 4 is 11.4 Å². The predicted molar refractivity (Wildman–Crippen MR) is 80.1 cm³/mol. The molecule has 24 heavy (non-hydrogen) atoms. The molecular weight excluding hydrogens is 325 g/mol. The first-order chi connectivity index (χ1) is 11.5. The van der Waals surface area contributed by atoms with E-state index < -0.39 is 40.2 Å². The number of hydrogen-bond acceptors (Lipinski definition) is 4. The SMILES string of the molecule is O=[N+]([O-])c1c(F)cccc1NC1CCOC1c1ccc(F)c(F)c1. The Bertz CT molecular complexity index is 785. The quantitative estimate of drug-likeness (QED) is 0.677. The fraction of sp³-hybridized carbons (Fsp3) is 0.250. The highest BCUT2D eigenvalue weighted by atomic mass is 19.2. The number of benzene rings is 2. The lowest BCUT2D eigenvalue weighted by Gasteiger charge is -2.21. The minimum atomic E-state index is -1.00. The number of anilines is 1. The molecule has 0 bridgehead atoms. The summed E-state index contributed by atoms with van der Waals surface area (Å²) < 4.78 is 45.7. The van der Waals surface area contributed by atoms with E-state index in [2.05, 4.69) is 5.32 Å². The van der Waals surface area contributed by atoms with Crippen LogP contribution in [0, 0.1) is 27.6 Å². The number of halogens is 3. The van der Waals surface area contributed by atoms with E-state index in [1.54, 1.807) is 0 Å². The van der Waals surface area contributed by atoms with Crippen LogP contribution in [0.1, 0.15) is 18.1 Å². The van der Waals surface area contributed by atoms with Crippen LogP contribution in [-0.4, -0.2) is 17.6 Å². The molecule has 2 aromatic rings. The lowest BCUT2D eigenvalue weighted by molar-refractivity contribution is -0.386. The van der Waals surface area contributed by atoms with Gasteiger partial charge in [-0.15, -0.1) is 0 Å². The van der Waals surface area contributed by atoms with Gasteiger partial charge in [-0.05, 0) is 36.2 Å². The maximum atomic E-state index is 13.7. The minimum Gasteiger partial charge on any atom is -0.374 e. The molecule has 2 unspecified atom stereocenters. The number of nitro benzene ring substituents is 1. The number of rotatable bonds is 4. The van der Waals surface area contributed by atoms with E-state index in [0.717, 1.165) is 18.2 Å². The summed E-state index contributed by atoms with van der Waals surface area (Å²) in [7, 11) is 0. The number of ether oxygens (including phenoxy) is 1. The first-order valence-electron chi connectivity index (χ1n) is 7.23. The van der Waals surface area contributed by atoms with Crippen molar-refractivity contribution in [2.45, 2.75) is 18.6 Å². The Kier molecular flexibility index (Phi) is 4.39. The molecule has 3 rings (SSSR count). The summed E-state index contributed by atoms with van der Waals surface area (Å²) in [5.41, 5.74) is -0.237. The third-order valence-corrected chi connectivity index (χ3v) is 3.87. The fourth-order valence-electron chi connectivity index (χ4n) is 2.77. The first-order valence-corrected chi connectivity index (χ1v) is 7.23. The van der Waals surface area contributed by atoms with E-state index in [9.17, 15) is 23.3 Å². The van der Waals surface area contributed by atoms with Crippen LogP contribution in [0.3, 0.4) is 0 Å². The molecule has 0 amide bonds. The molecule has 1 aliphatic heterocycles. The second-order valence-electron chi connectivity index (χ2n) is 5.40. The number of nitro groups is 1. The van der Waals surface area contributed by atoms with Crippen molar-refractivity contribution in [2.75, 3.05) is 11.9 Å². The zero-order valence-electron chi connectivity index (χ0n) is 12.3. The van der Waals surface area contributed by atoms with E-state index in [0.29, 0.717) is 18.6 Å². The predicted octanol–water partition coefficient (Wildman–Crippen LogP) is 3.95. The highest BCUT2D eigenvalue weighted by molar-refractivity contribution is 5.62. The van der Waals surface area contributed by atoms with Crippen molar-refractivity contribution in [3.63, 3.8) is 0 Å². The molecule has 1 heterocycles. The minimum absolute atomic E-state index is 0.0167. The van der Waals surface area contributed by atoms with Gasteiger partial charge < -0.3 is 10.1 Å². The Hall–Kier alpha value is -2.61. The average molecular weight is 338 g/mol. The maximum Gasteiger partial charge on any atom is 0.327 e. The summed E-state index contributed by atoms with van der Waals surface area (Å²) in [4.78, 5) is 10.2. The van der Waals surface area contributed by atoms with Crippen LogP contribution < -0.4 is 5.32 Å². The Morgan fingerprint density at radius 1 is 1.12 bits per heavy atom. The molecular formula is C16H13F3N2O3. The topological polar surface area (TPSA) is 64.4 Å². The molecule has 1 N–H and O–H groups in total. The Balaban J connectivity index is 1.88. The molecule has 0 aromatic heterocycles. The van der Waals surface area contributed by atoms with Gasteiger partial charge in [0, 0.05) is 6.61 Å². The zero-order chi connectivity index (χ0) is 17.3. The summed E-state index contributed by atoms with van der Waals surface area (Å²) >= 11 is 0. The average Bonchev–Trinajstić information content (AvgIpc) is 2.98. The molecule has 8 heteroatoms. The van der Waals surface area contributed by atoms with Gasteiger partial charge in [-0.25, -0.2) is 8.78 Å². The highest BCUT2D eigenvalue weighted by Gasteiger charge is 2.32. The molecule has 0 saturated carbocycles. The van der Waals surface area contributed by atoms with Crippen LogP contribution in [0.4, 0.5) is 24.5 Å². The summed E-state index contributed by atoms with van der Waals surface area (Å²) in [6, 6.07) is 6.73. The number of para-hydroxylation sites is 1. The highest BCUT2D eigenvalue weighted by Crippen LogP contribution is 2.35. The summed E-state index contributed by atoms with van der Waals surface area (Å²) in [5, 5.41) is 13.9. The van der Waals surface area contributed by atoms with Gasteiger partial charge in [0.2, 0.25) is 5.82 Å². The maximum absolute atomic E-state index is 13.7. The lowest BCUT2D eigenvalue weighted by atomic mass is 10.0. The standard InChI is InChI=1S/C16H13F3N2O3/c17-10-5-4-9(8-12(10)19)16-14(6-7-24-16)20-13-3-1-2-11(18)15(13)21(22)23/h1-5,8,14,16,20H,6-7H2. The van der Waals surface area contributed by atoms with Crippen LogP contribution >= 0.6 is 0 Å². The number of hydrogen-bond donors (Lipinski definition) is 1. The van der Waals surface area contributed by atoms with Gasteiger partial charge in [0.1, 0.15) is 11.8 Å². The van der Waals surface area contributed by atoms with Gasteiger partial charge >= 0.3 is 5.69 Å². The molecule has 1 saturated heterocycles. The Labute approximate surface area is 135 Å². The summed E-state index contributed by atoms with van der Waals surface area (Å²) in [6.45, 7) is 0.338. The van der Waals surface area contributed by atoms with Gasteiger partial charge in [-0.3, -0.25) is 10.1 Å². The molecule has 2 atom stereocenters. The molecule has 2 aromatic carbocycles. The molecule has 0 radical (unpaired) electrons. The lowest BCUT2D eigenvalue weighted by Crippen LogP contribution is -2.24. The Morgan fingerprint density at radius 3 is 2.62 bits per heavy atom. The van der Waals surface area contributed by atoms with Gasteiger partial charge in [0.15, 0.2) is 11.6 Å². The summed E-state index contributed by atoms with van der Waals surface area (Å²) in [6.07, 6.45) is -0.139. The first kappa shape index (κ1) is 16.3. The van der Waals surface area contributed by atoms with Gasteiger partial charge in [0.25, 0.3) is 0 Å². The van der Waals surface area contributed by atoms with Crippen LogP contribution in [0.25, 0.3) is 0 Å². The van der Waals surface area contributed by atoms with E-state index in [1.807, 2.05) is 0 Å². The van der Waals surface area contributed by atoms with E-state index in [4.69, 9.17) is 4.74 Å². The largest absolute Gasteiger partial charge is 0.374 e. The molecule has 1 fully saturated rings.